The highest BCUT2D eigenvalue weighted by molar-refractivity contribution is 5.76. The molecule has 25 heavy (non-hydrogen) atoms. The summed E-state index contributed by atoms with van der Waals surface area (Å²) in [5.74, 6) is 0.0611. The van der Waals surface area contributed by atoms with Gasteiger partial charge in [-0.1, -0.05) is 24.3 Å². The molecular weight excluding hydrogens is 320 g/mol. The Hall–Kier alpha value is -2.90. The minimum absolute atomic E-state index is 0.0611. The average Bonchev–Trinajstić information content (AvgIpc) is 3.14. The smallest absolute Gasteiger partial charge is 0.317 e. The van der Waals surface area contributed by atoms with E-state index >= 15 is 0 Å². The van der Waals surface area contributed by atoms with Crippen LogP contribution in [0.1, 0.15) is 18.1 Å². The number of carbonyl (C=O) groups excluding carboxylic acids is 2. The maximum Gasteiger partial charge on any atom is 0.317 e. The quantitative estimate of drug-likeness (QED) is 0.887. The van der Waals surface area contributed by atoms with E-state index < -0.39 is 0 Å². The number of aromatic nitrogens is 3. The van der Waals surface area contributed by atoms with Crippen molar-refractivity contribution in [1.29, 1.82) is 0 Å². The van der Waals surface area contributed by atoms with E-state index in [4.69, 9.17) is 0 Å². The van der Waals surface area contributed by atoms with Gasteiger partial charge in [0.25, 0.3) is 0 Å². The van der Waals surface area contributed by atoms with Crippen molar-refractivity contribution < 1.29 is 9.59 Å². The molecule has 1 saturated heterocycles. The van der Waals surface area contributed by atoms with Gasteiger partial charge in [0, 0.05) is 39.6 Å². The topological polar surface area (TPSA) is 83.4 Å². The molecule has 0 radical (unpaired) electrons. The molecule has 0 unspecified atom stereocenters. The van der Waals surface area contributed by atoms with Gasteiger partial charge in [-0.3, -0.25) is 4.79 Å². The third-order valence-corrected chi connectivity index (χ3v) is 4.29. The van der Waals surface area contributed by atoms with Gasteiger partial charge in [-0.05, 0) is 11.1 Å². The molecule has 132 valence electrons. The van der Waals surface area contributed by atoms with E-state index in [0.717, 1.165) is 11.1 Å². The standard InChI is InChI=1S/C17H22N6O2/c1-14(24)21-6-8-22(9-7-21)17(25)19-10-15-2-4-16(5-3-15)11-23-13-18-12-20-23/h2-5,12-13H,6-11H2,1H3,(H,19,25). The first-order valence-electron chi connectivity index (χ1n) is 8.30. The number of carbonyl (C=O) groups is 2. The fourth-order valence-corrected chi connectivity index (χ4v) is 2.78. The molecule has 8 heteroatoms. The summed E-state index contributed by atoms with van der Waals surface area (Å²) in [4.78, 5) is 31.0. The minimum atomic E-state index is -0.0881. The lowest BCUT2D eigenvalue weighted by Crippen LogP contribution is -2.52. The van der Waals surface area contributed by atoms with E-state index in [0.29, 0.717) is 39.3 Å². The van der Waals surface area contributed by atoms with Crippen LogP contribution in [0.25, 0.3) is 0 Å². The summed E-state index contributed by atoms with van der Waals surface area (Å²) in [5.41, 5.74) is 2.17. The van der Waals surface area contributed by atoms with Crippen LogP contribution >= 0.6 is 0 Å². The summed E-state index contributed by atoms with van der Waals surface area (Å²) in [6.07, 6.45) is 3.19. The molecule has 1 fully saturated rings. The van der Waals surface area contributed by atoms with Gasteiger partial charge in [0.15, 0.2) is 0 Å². The van der Waals surface area contributed by atoms with Crippen LogP contribution in [0.3, 0.4) is 0 Å². The fraction of sp³-hybridized carbons (Fsp3) is 0.412. The lowest BCUT2D eigenvalue weighted by atomic mass is 10.1. The van der Waals surface area contributed by atoms with Gasteiger partial charge >= 0.3 is 6.03 Å². The first-order valence-corrected chi connectivity index (χ1v) is 8.30. The van der Waals surface area contributed by atoms with Crippen molar-refractivity contribution in [2.75, 3.05) is 26.2 Å². The first-order chi connectivity index (χ1) is 12.1. The molecule has 0 aliphatic carbocycles. The Bertz CT molecular complexity index is 705. The van der Waals surface area contributed by atoms with E-state index in [1.165, 1.54) is 6.33 Å². The van der Waals surface area contributed by atoms with Gasteiger partial charge in [-0.2, -0.15) is 5.10 Å². The van der Waals surface area contributed by atoms with E-state index in [-0.39, 0.29) is 11.9 Å². The molecule has 2 heterocycles. The highest BCUT2D eigenvalue weighted by Crippen LogP contribution is 2.07. The van der Waals surface area contributed by atoms with Crippen molar-refractivity contribution in [1.82, 2.24) is 29.9 Å². The highest BCUT2D eigenvalue weighted by atomic mass is 16.2. The van der Waals surface area contributed by atoms with E-state index in [2.05, 4.69) is 15.4 Å². The van der Waals surface area contributed by atoms with E-state index in [9.17, 15) is 9.59 Å². The third kappa shape index (κ3) is 4.56. The van der Waals surface area contributed by atoms with Gasteiger partial charge in [0.2, 0.25) is 5.91 Å². The predicted octanol–water partition coefficient (Wildman–Crippen LogP) is 0.700. The number of nitrogens with zero attached hydrogens (tertiary/aromatic N) is 5. The molecular formula is C17H22N6O2. The zero-order valence-electron chi connectivity index (χ0n) is 14.3. The maximum absolute atomic E-state index is 12.2. The SMILES string of the molecule is CC(=O)N1CCN(C(=O)NCc2ccc(Cn3cncn3)cc2)CC1. The van der Waals surface area contributed by atoms with Crippen LogP contribution in [0.5, 0.6) is 0 Å². The van der Waals surface area contributed by atoms with Gasteiger partial charge in [0.05, 0.1) is 6.54 Å². The number of amides is 3. The van der Waals surface area contributed by atoms with Crippen molar-refractivity contribution in [3.8, 4) is 0 Å². The number of urea groups is 1. The second-order valence-corrected chi connectivity index (χ2v) is 6.06. The Kier molecular flexibility index (Phi) is 5.27. The lowest BCUT2D eigenvalue weighted by molar-refractivity contribution is -0.130. The number of piperazine rings is 1. The Morgan fingerprint density at radius 3 is 2.28 bits per heavy atom. The molecule has 1 N–H and O–H groups in total. The number of benzene rings is 1. The van der Waals surface area contributed by atoms with Crippen molar-refractivity contribution in [3.63, 3.8) is 0 Å². The lowest BCUT2D eigenvalue weighted by Gasteiger charge is -2.34. The van der Waals surface area contributed by atoms with Crippen LogP contribution in [0.15, 0.2) is 36.9 Å². The van der Waals surface area contributed by atoms with Gasteiger partial charge in [-0.15, -0.1) is 0 Å². The van der Waals surface area contributed by atoms with Crippen LogP contribution in [0.2, 0.25) is 0 Å². The maximum atomic E-state index is 12.2. The first kappa shape index (κ1) is 16.9. The zero-order valence-corrected chi connectivity index (χ0v) is 14.3. The second kappa shape index (κ2) is 7.78. The summed E-state index contributed by atoms with van der Waals surface area (Å²) in [7, 11) is 0. The number of hydrogen-bond donors (Lipinski definition) is 1. The normalized spacial score (nSPS) is 14.4. The van der Waals surface area contributed by atoms with Crippen molar-refractivity contribution in [3.05, 3.63) is 48.0 Å². The highest BCUT2D eigenvalue weighted by Gasteiger charge is 2.21. The van der Waals surface area contributed by atoms with Crippen LogP contribution < -0.4 is 5.32 Å². The molecule has 1 aromatic carbocycles. The van der Waals surface area contributed by atoms with Crippen molar-refractivity contribution in [2.45, 2.75) is 20.0 Å². The van der Waals surface area contributed by atoms with Gasteiger partial charge in [0.1, 0.15) is 12.7 Å². The molecule has 0 saturated carbocycles. The largest absolute Gasteiger partial charge is 0.339 e. The molecule has 0 atom stereocenters. The van der Waals surface area contributed by atoms with Crippen molar-refractivity contribution >= 4 is 11.9 Å². The minimum Gasteiger partial charge on any atom is -0.339 e. The molecule has 8 nitrogen and oxygen atoms in total. The Morgan fingerprint density at radius 1 is 1.04 bits per heavy atom. The Morgan fingerprint density at radius 2 is 1.68 bits per heavy atom. The summed E-state index contributed by atoms with van der Waals surface area (Å²) in [5, 5.41) is 7.01. The predicted molar refractivity (Wildman–Crippen MR) is 91.6 cm³/mol. The van der Waals surface area contributed by atoms with E-state index in [1.54, 1.807) is 27.7 Å². The van der Waals surface area contributed by atoms with Crippen LogP contribution in [-0.2, 0) is 17.9 Å². The molecule has 0 spiro atoms. The molecule has 3 amide bonds. The summed E-state index contributed by atoms with van der Waals surface area (Å²) >= 11 is 0. The van der Waals surface area contributed by atoms with Gasteiger partial charge < -0.3 is 15.1 Å². The zero-order chi connectivity index (χ0) is 17.6. The molecule has 3 rings (SSSR count). The molecule has 2 aromatic rings. The van der Waals surface area contributed by atoms with Crippen LogP contribution in [-0.4, -0.2) is 62.7 Å². The second-order valence-electron chi connectivity index (χ2n) is 6.06. The van der Waals surface area contributed by atoms with Crippen molar-refractivity contribution in [2.24, 2.45) is 0 Å². The summed E-state index contributed by atoms with van der Waals surface area (Å²) in [6.45, 7) is 5.05. The fourth-order valence-electron chi connectivity index (χ4n) is 2.78. The molecule has 0 bridgehead atoms. The van der Waals surface area contributed by atoms with E-state index in [1.807, 2.05) is 24.3 Å². The molecule has 1 aromatic heterocycles. The number of hydrogen-bond acceptors (Lipinski definition) is 4. The number of rotatable bonds is 4. The summed E-state index contributed by atoms with van der Waals surface area (Å²) < 4.78 is 1.76. The van der Waals surface area contributed by atoms with Crippen LogP contribution in [0, 0.1) is 0 Å². The Labute approximate surface area is 146 Å². The molecule has 1 aliphatic heterocycles. The van der Waals surface area contributed by atoms with Gasteiger partial charge in [-0.25, -0.2) is 14.5 Å². The molecule has 1 aliphatic rings. The van der Waals surface area contributed by atoms with Crippen LogP contribution in [0.4, 0.5) is 4.79 Å². The Balaban J connectivity index is 1.45. The average molecular weight is 342 g/mol. The summed E-state index contributed by atoms with van der Waals surface area (Å²) in [6, 6.07) is 7.96. The monoisotopic (exact) mass is 342 g/mol. The third-order valence-electron chi connectivity index (χ3n) is 4.29. The number of nitrogens with one attached hydrogen (secondary N) is 1.